The lowest BCUT2D eigenvalue weighted by Gasteiger charge is -2.16. The van der Waals surface area contributed by atoms with Crippen molar-refractivity contribution in [3.63, 3.8) is 0 Å². The van der Waals surface area contributed by atoms with Crippen LogP contribution in [0.25, 0.3) is 0 Å². The second-order valence-electron chi connectivity index (χ2n) is 3.96. The monoisotopic (exact) mass is 253 g/mol. The van der Waals surface area contributed by atoms with Gasteiger partial charge in [0.05, 0.1) is 6.61 Å². The summed E-state index contributed by atoms with van der Waals surface area (Å²) in [5.41, 5.74) is 8.05. The number of nitrogens with two attached hydrogens (primary N) is 2. The zero-order valence-corrected chi connectivity index (χ0v) is 10.8. The molecule has 0 aliphatic carbocycles. The minimum atomic E-state index is -3.34. The van der Waals surface area contributed by atoms with Crippen LogP contribution in [0.3, 0.4) is 0 Å². The largest absolute Gasteiger partial charge is 0.330 e. The number of hydrogen-bond acceptors (Lipinski definition) is 5. The number of hydrazine groups is 1. The van der Waals surface area contributed by atoms with Gasteiger partial charge in [0.1, 0.15) is 0 Å². The topological polar surface area (TPSA) is 111 Å². The first-order valence-corrected chi connectivity index (χ1v) is 7.60. The smallest absolute Gasteiger partial charge is 0.325 e. The summed E-state index contributed by atoms with van der Waals surface area (Å²) < 4.78 is 15.8. The van der Waals surface area contributed by atoms with Crippen molar-refractivity contribution in [3.8, 4) is 0 Å². The Morgan fingerprint density at radius 3 is 2.62 bits per heavy atom. The van der Waals surface area contributed by atoms with E-state index >= 15 is 0 Å². The Balaban J connectivity index is 3.76. The normalized spacial score (nSPS) is 17.0. The van der Waals surface area contributed by atoms with Crippen LogP contribution in [0.15, 0.2) is 0 Å². The van der Waals surface area contributed by atoms with Crippen molar-refractivity contribution in [1.29, 1.82) is 0 Å². The van der Waals surface area contributed by atoms with E-state index in [0.717, 1.165) is 32.2 Å². The zero-order valence-electron chi connectivity index (χ0n) is 9.89. The van der Waals surface area contributed by atoms with E-state index in [0.29, 0.717) is 19.1 Å². The quantitative estimate of drug-likeness (QED) is 0.255. The van der Waals surface area contributed by atoms with E-state index in [1.54, 1.807) is 0 Å². The Morgan fingerprint density at radius 2 is 2.12 bits per heavy atom. The third kappa shape index (κ3) is 10.5. The van der Waals surface area contributed by atoms with Crippen molar-refractivity contribution >= 4 is 7.60 Å². The van der Waals surface area contributed by atoms with Crippen molar-refractivity contribution in [1.82, 2.24) is 5.43 Å². The third-order valence-electron chi connectivity index (χ3n) is 2.37. The first-order valence-electron chi connectivity index (χ1n) is 5.58. The Kier molecular flexibility index (Phi) is 9.12. The summed E-state index contributed by atoms with van der Waals surface area (Å²) in [5.74, 6) is 5.65. The average molecular weight is 253 g/mol. The molecule has 0 amide bonds. The Labute approximate surface area is 97.2 Å². The Hall–Kier alpha value is 0.0300. The first kappa shape index (κ1) is 16.0. The fourth-order valence-electron chi connectivity index (χ4n) is 1.52. The molecule has 0 aromatic rings. The van der Waals surface area contributed by atoms with Gasteiger partial charge in [-0.2, -0.15) is 0 Å². The Morgan fingerprint density at radius 1 is 1.44 bits per heavy atom. The molecule has 6 N–H and O–H groups in total. The lowest BCUT2D eigenvalue weighted by molar-refractivity contribution is 0.233. The molecule has 0 aliphatic rings. The van der Waals surface area contributed by atoms with Crippen molar-refractivity contribution in [2.75, 3.05) is 26.4 Å². The summed E-state index contributed by atoms with van der Waals surface area (Å²) in [6, 6.07) is 0. The van der Waals surface area contributed by atoms with Gasteiger partial charge in [0.15, 0.2) is 0 Å². The van der Waals surface area contributed by atoms with Gasteiger partial charge in [0.25, 0.3) is 0 Å². The lowest BCUT2D eigenvalue weighted by Crippen LogP contribution is -2.25. The third-order valence-corrected chi connectivity index (χ3v) is 3.03. The highest BCUT2D eigenvalue weighted by Crippen LogP contribution is 2.36. The molecule has 0 aromatic carbocycles. The van der Waals surface area contributed by atoms with Crippen LogP contribution in [-0.2, 0) is 9.09 Å². The van der Waals surface area contributed by atoms with Gasteiger partial charge in [0.2, 0.25) is 0 Å². The van der Waals surface area contributed by atoms with E-state index in [-0.39, 0.29) is 0 Å². The molecule has 7 heteroatoms. The lowest BCUT2D eigenvalue weighted by atomic mass is 9.96. The molecular weight excluding hydrogens is 229 g/mol. The van der Waals surface area contributed by atoms with Crippen LogP contribution >= 0.6 is 7.60 Å². The van der Waals surface area contributed by atoms with Gasteiger partial charge in [-0.15, -0.1) is 0 Å². The molecule has 98 valence electrons. The van der Waals surface area contributed by atoms with Crippen LogP contribution in [0, 0.1) is 5.92 Å². The highest BCUT2D eigenvalue weighted by molar-refractivity contribution is 7.51. The van der Waals surface area contributed by atoms with E-state index in [2.05, 4.69) is 5.43 Å². The van der Waals surface area contributed by atoms with Gasteiger partial charge < -0.3 is 15.2 Å². The molecule has 2 unspecified atom stereocenters. The molecule has 0 bridgehead atoms. The van der Waals surface area contributed by atoms with E-state index in [1.807, 2.05) is 0 Å². The van der Waals surface area contributed by atoms with Gasteiger partial charge >= 0.3 is 7.60 Å². The van der Waals surface area contributed by atoms with Gasteiger partial charge in [-0.3, -0.25) is 15.8 Å². The summed E-state index contributed by atoms with van der Waals surface area (Å²) in [7, 11) is -3.34. The molecule has 0 rings (SSSR count). The summed E-state index contributed by atoms with van der Waals surface area (Å²) >= 11 is 0. The predicted octanol–water partition coefficient (Wildman–Crippen LogP) is 0.417. The number of rotatable bonds is 10. The molecule has 0 spiro atoms. The van der Waals surface area contributed by atoms with Crippen molar-refractivity contribution in [2.24, 2.45) is 17.5 Å². The molecule has 6 nitrogen and oxygen atoms in total. The molecule has 2 atom stereocenters. The standard InChI is InChI=1S/C9H24N3O3P/c1-16(13,14)15-8-5-9(3-2-6-10)4-7-12-11/h9,12H,2-8,10-11H2,1H3,(H,13,14). The van der Waals surface area contributed by atoms with Crippen LogP contribution in [0.5, 0.6) is 0 Å². The second-order valence-corrected chi connectivity index (χ2v) is 5.83. The molecular formula is C9H24N3O3P. The molecule has 0 saturated heterocycles. The summed E-state index contributed by atoms with van der Waals surface area (Å²) in [5, 5.41) is 0. The summed E-state index contributed by atoms with van der Waals surface area (Å²) in [6.45, 7) is 2.91. The predicted molar refractivity (Wildman–Crippen MR) is 64.9 cm³/mol. The van der Waals surface area contributed by atoms with Gasteiger partial charge in [-0.05, 0) is 38.1 Å². The van der Waals surface area contributed by atoms with Crippen molar-refractivity contribution in [2.45, 2.75) is 25.7 Å². The maximum atomic E-state index is 10.9. The molecule has 0 saturated carbocycles. The summed E-state index contributed by atoms with van der Waals surface area (Å²) in [4.78, 5) is 8.96. The maximum Gasteiger partial charge on any atom is 0.325 e. The molecule has 0 fully saturated rings. The van der Waals surface area contributed by atoms with Crippen molar-refractivity contribution < 1.29 is 14.0 Å². The number of hydrogen-bond donors (Lipinski definition) is 4. The zero-order chi connectivity index (χ0) is 12.4. The second kappa shape index (κ2) is 9.10. The maximum absolute atomic E-state index is 10.9. The van der Waals surface area contributed by atoms with Crippen LogP contribution in [0.4, 0.5) is 0 Å². The van der Waals surface area contributed by atoms with Gasteiger partial charge in [-0.25, -0.2) is 0 Å². The van der Waals surface area contributed by atoms with Gasteiger partial charge in [-0.1, -0.05) is 0 Å². The van der Waals surface area contributed by atoms with E-state index in [1.165, 1.54) is 6.66 Å². The van der Waals surface area contributed by atoms with Crippen LogP contribution in [-0.4, -0.2) is 31.3 Å². The van der Waals surface area contributed by atoms with Crippen molar-refractivity contribution in [3.05, 3.63) is 0 Å². The number of nitrogens with one attached hydrogen (secondary N) is 1. The molecule has 0 radical (unpaired) electrons. The van der Waals surface area contributed by atoms with E-state index < -0.39 is 7.60 Å². The highest BCUT2D eigenvalue weighted by atomic mass is 31.2. The average Bonchev–Trinajstić information content (AvgIpc) is 2.19. The SMILES string of the molecule is CP(=O)(O)OCCC(CCCN)CCNN. The van der Waals surface area contributed by atoms with Crippen LogP contribution in [0.2, 0.25) is 0 Å². The van der Waals surface area contributed by atoms with Crippen LogP contribution < -0.4 is 17.0 Å². The molecule has 0 aliphatic heterocycles. The summed E-state index contributed by atoms with van der Waals surface area (Å²) in [6.07, 6.45) is 3.65. The first-order chi connectivity index (χ1) is 7.49. The fraction of sp³-hybridized carbons (Fsp3) is 1.00. The van der Waals surface area contributed by atoms with E-state index in [9.17, 15) is 4.57 Å². The molecule has 0 aromatic heterocycles. The van der Waals surface area contributed by atoms with Gasteiger partial charge in [0, 0.05) is 13.2 Å². The minimum absolute atomic E-state index is 0.310. The minimum Gasteiger partial charge on any atom is -0.330 e. The molecule has 0 heterocycles. The Bertz CT molecular complexity index is 202. The molecule has 16 heavy (non-hydrogen) atoms. The fourth-order valence-corrected chi connectivity index (χ4v) is 1.96. The highest BCUT2D eigenvalue weighted by Gasteiger charge is 2.13. The van der Waals surface area contributed by atoms with E-state index in [4.69, 9.17) is 21.0 Å². The van der Waals surface area contributed by atoms with Crippen LogP contribution in [0.1, 0.15) is 25.7 Å².